The van der Waals surface area contributed by atoms with E-state index in [0.29, 0.717) is 0 Å². The van der Waals surface area contributed by atoms with Gasteiger partial charge in [-0.2, -0.15) is 0 Å². The van der Waals surface area contributed by atoms with Crippen molar-refractivity contribution in [3.05, 3.63) is 0 Å². The zero-order valence-corrected chi connectivity index (χ0v) is 9.77. The van der Waals surface area contributed by atoms with Gasteiger partial charge in [-0.25, -0.2) is 0 Å². The van der Waals surface area contributed by atoms with Crippen molar-refractivity contribution in [2.75, 3.05) is 20.1 Å². The molecule has 1 unspecified atom stereocenters. The van der Waals surface area contributed by atoms with Gasteiger partial charge in [0.05, 0.1) is 0 Å². The van der Waals surface area contributed by atoms with E-state index in [4.69, 9.17) is 0 Å². The molecule has 2 rings (SSSR count). The zero-order valence-electron chi connectivity index (χ0n) is 9.77. The summed E-state index contributed by atoms with van der Waals surface area (Å²) in [5.41, 5.74) is 0.824. The molecule has 2 aliphatic rings. The third-order valence-corrected chi connectivity index (χ3v) is 3.39. The molecule has 0 bridgehead atoms. The van der Waals surface area contributed by atoms with E-state index in [2.05, 4.69) is 18.9 Å². The second-order valence-electron chi connectivity index (χ2n) is 4.82. The normalized spacial score (nSPS) is 31.8. The van der Waals surface area contributed by atoms with Crippen LogP contribution in [0.5, 0.6) is 0 Å². The Morgan fingerprint density at radius 3 is 2.31 bits per heavy atom. The molecule has 1 saturated heterocycles. The van der Waals surface area contributed by atoms with Crippen LogP contribution in [0.25, 0.3) is 0 Å². The highest BCUT2D eigenvalue weighted by molar-refractivity contribution is 4.96. The van der Waals surface area contributed by atoms with Crippen molar-refractivity contribution >= 4 is 0 Å². The Labute approximate surface area is 83.5 Å². The predicted octanol–water partition coefficient (Wildman–Crippen LogP) is 3.15. The maximum absolute atomic E-state index is 2.50. The van der Waals surface area contributed by atoms with E-state index in [9.17, 15) is 0 Å². The summed E-state index contributed by atoms with van der Waals surface area (Å²) in [6.45, 7) is 9.06. The van der Waals surface area contributed by atoms with Crippen molar-refractivity contribution in [3.63, 3.8) is 0 Å². The molecule has 0 radical (unpaired) electrons. The first-order valence-corrected chi connectivity index (χ1v) is 5.89. The van der Waals surface area contributed by atoms with E-state index in [-0.39, 0.29) is 0 Å². The van der Waals surface area contributed by atoms with Crippen LogP contribution in [0.4, 0.5) is 0 Å². The molecule has 0 aromatic carbocycles. The second-order valence-corrected chi connectivity index (χ2v) is 4.82. The van der Waals surface area contributed by atoms with Crippen molar-refractivity contribution < 1.29 is 0 Å². The van der Waals surface area contributed by atoms with Gasteiger partial charge in [-0.3, -0.25) is 0 Å². The minimum absolute atomic E-state index is 0.824. The van der Waals surface area contributed by atoms with E-state index in [0.717, 1.165) is 11.3 Å². The lowest BCUT2D eigenvalue weighted by molar-refractivity contribution is 0.310. The lowest BCUT2D eigenvalue weighted by Gasteiger charge is -2.15. The third kappa shape index (κ3) is 2.98. The molecule has 0 aromatic heterocycles. The molecule has 1 aliphatic carbocycles. The van der Waals surface area contributed by atoms with Crippen molar-refractivity contribution in [2.24, 2.45) is 11.3 Å². The quantitative estimate of drug-likeness (QED) is 0.557. The molecule has 0 N–H and O–H groups in total. The van der Waals surface area contributed by atoms with Gasteiger partial charge in [-0.15, -0.1) is 0 Å². The largest absolute Gasteiger partial charge is 0.306 e. The van der Waals surface area contributed by atoms with Crippen LogP contribution >= 0.6 is 0 Å². The first-order valence-electron chi connectivity index (χ1n) is 5.89. The van der Waals surface area contributed by atoms with Gasteiger partial charge in [0.1, 0.15) is 0 Å². The highest BCUT2D eigenvalue weighted by Gasteiger charge is 2.44. The first-order chi connectivity index (χ1) is 6.20. The van der Waals surface area contributed by atoms with Crippen LogP contribution in [0.15, 0.2) is 0 Å². The number of nitrogens with zero attached hydrogens (tertiary/aromatic N) is 1. The molecule has 13 heavy (non-hydrogen) atoms. The Balaban J connectivity index is 0.000000396. The summed E-state index contributed by atoms with van der Waals surface area (Å²) in [7, 11) is 2.26. The van der Waals surface area contributed by atoms with Crippen LogP contribution < -0.4 is 0 Å². The summed E-state index contributed by atoms with van der Waals surface area (Å²) in [4.78, 5) is 2.50. The van der Waals surface area contributed by atoms with Crippen molar-refractivity contribution in [1.82, 2.24) is 4.90 Å². The first kappa shape index (κ1) is 11.0. The van der Waals surface area contributed by atoms with E-state index in [1.54, 1.807) is 0 Å². The number of hydrogen-bond donors (Lipinski definition) is 0. The fourth-order valence-corrected chi connectivity index (χ4v) is 2.59. The van der Waals surface area contributed by atoms with E-state index in [1.165, 1.54) is 38.8 Å². The average Bonchev–Trinajstić information content (AvgIpc) is 2.86. The van der Waals surface area contributed by atoms with Gasteiger partial charge in [0.15, 0.2) is 0 Å². The summed E-state index contributed by atoms with van der Waals surface area (Å²) in [5, 5.41) is 0. The minimum atomic E-state index is 0.824. The van der Waals surface area contributed by atoms with Gasteiger partial charge in [0, 0.05) is 6.54 Å². The monoisotopic (exact) mass is 183 g/mol. The molecule has 1 atom stereocenters. The molecular weight excluding hydrogens is 158 g/mol. The molecule has 1 spiro atoms. The molecule has 1 saturated carbocycles. The van der Waals surface area contributed by atoms with E-state index in [1.807, 2.05) is 13.8 Å². The fraction of sp³-hybridized carbons (Fsp3) is 1.00. The Kier molecular flexibility index (Phi) is 3.78. The van der Waals surface area contributed by atoms with Gasteiger partial charge in [0.25, 0.3) is 0 Å². The molecular formula is C12H25N. The molecule has 1 nitrogen and oxygen atoms in total. The lowest BCUT2D eigenvalue weighted by atomic mass is 9.92. The van der Waals surface area contributed by atoms with Gasteiger partial charge in [0.2, 0.25) is 0 Å². The van der Waals surface area contributed by atoms with Gasteiger partial charge in [-0.05, 0) is 50.6 Å². The molecule has 1 heteroatoms. The van der Waals surface area contributed by atoms with E-state index < -0.39 is 0 Å². The van der Waals surface area contributed by atoms with Crippen LogP contribution in [0.1, 0.15) is 46.5 Å². The third-order valence-electron chi connectivity index (χ3n) is 3.39. The summed E-state index contributed by atoms with van der Waals surface area (Å²) in [6, 6.07) is 0. The molecule has 0 aromatic rings. The fourth-order valence-electron chi connectivity index (χ4n) is 2.59. The molecule has 2 fully saturated rings. The topological polar surface area (TPSA) is 3.24 Å². The van der Waals surface area contributed by atoms with Gasteiger partial charge in [-0.1, -0.05) is 20.8 Å². The van der Waals surface area contributed by atoms with Crippen molar-refractivity contribution in [3.8, 4) is 0 Å². The van der Waals surface area contributed by atoms with Gasteiger partial charge < -0.3 is 4.90 Å². The summed E-state index contributed by atoms with van der Waals surface area (Å²) < 4.78 is 0. The smallest absolute Gasteiger partial charge is 0.000418 e. The second kappa shape index (κ2) is 4.45. The highest BCUT2D eigenvalue weighted by Crippen LogP contribution is 2.54. The maximum Gasteiger partial charge on any atom is 0.000418 e. The number of hydrogen-bond acceptors (Lipinski definition) is 1. The number of rotatable bonds is 0. The van der Waals surface area contributed by atoms with Crippen LogP contribution in [0, 0.1) is 11.3 Å². The maximum atomic E-state index is 2.50. The van der Waals surface area contributed by atoms with Crippen LogP contribution in [0.2, 0.25) is 0 Å². The van der Waals surface area contributed by atoms with E-state index >= 15 is 0 Å². The summed E-state index contributed by atoms with van der Waals surface area (Å²) in [5.74, 6) is 0.935. The minimum Gasteiger partial charge on any atom is -0.306 e. The Morgan fingerprint density at radius 1 is 1.15 bits per heavy atom. The predicted molar refractivity (Wildman–Crippen MR) is 58.9 cm³/mol. The molecule has 78 valence electrons. The number of likely N-dealkylation sites (tertiary alicyclic amines) is 1. The molecule has 1 aliphatic heterocycles. The van der Waals surface area contributed by atoms with Crippen LogP contribution in [-0.4, -0.2) is 25.0 Å². The summed E-state index contributed by atoms with van der Waals surface area (Å²) in [6.07, 6.45) is 6.00. The Hall–Kier alpha value is -0.0400. The highest BCUT2D eigenvalue weighted by atomic mass is 15.1. The zero-order chi connectivity index (χ0) is 9.90. The standard InChI is InChI=1S/C10H19N.C2H6/c1-9-7-10(3-4-10)5-6-11(2)8-9;1-2/h9H,3-8H2,1-2H3;1-2H3. The molecule has 1 heterocycles. The average molecular weight is 183 g/mol. The lowest BCUT2D eigenvalue weighted by Crippen LogP contribution is -2.22. The van der Waals surface area contributed by atoms with Gasteiger partial charge >= 0.3 is 0 Å². The van der Waals surface area contributed by atoms with Crippen molar-refractivity contribution in [1.29, 1.82) is 0 Å². The van der Waals surface area contributed by atoms with Crippen LogP contribution in [-0.2, 0) is 0 Å². The Bertz CT molecular complexity index is 149. The Morgan fingerprint density at radius 2 is 1.77 bits per heavy atom. The SMILES string of the molecule is CC.CC1CN(C)CCC2(CC2)C1. The molecule has 0 amide bonds. The summed E-state index contributed by atoms with van der Waals surface area (Å²) >= 11 is 0. The van der Waals surface area contributed by atoms with Crippen molar-refractivity contribution in [2.45, 2.75) is 46.5 Å². The van der Waals surface area contributed by atoms with Crippen LogP contribution in [0.3, 0.4) is 0 Å².